The number of aromatic nitrogens is 1. The van der Waals surface area contributed by atoms with Crippen LogP contribution in [0.5, 0.6) is 0 Å². The van der Waals surface area contributed by atoms with Gasteiger partial charge in [0.15, 0.2) is 0 Å². The summed E-state index contributed by atoms with van der Waals surface area (Å²) < 4.78 is 6.52. The van der Waals surface area contributed by atoms with Crippen LogP contribution in [-0.4, -0.2) is 29.2 Å². The van der Waals surface area contributed by atoms with Crippen LogP contribution in [0.3, 0.4) is 0 Å². The van der Waals surface area contributed by atoms with E-state index in [1.807, 2.05) is 12.1 Å². The number of hydrogen-bond donors (Lipinski definition) is 3. The van der Waals surface area contributed by atoms with Crippen molar-refractivity contribution in [1.29, 1.82) is 0 Å². The number of urea groups is 1. The number of benzene rings is 2. The molecule has 154 valence electrons. The molecule has 0 aliphatic rings. The van der Waals surface area contributed by atoms with Crippen LogP contribution in [0, 0.1) is 6.92 Å². The maximum Gasteiger partial charge on any atom is 0.340 e. The van der Waals surface area contributed by atoms with Gasteiger partial charge >= 0.3 is 12.0 Å². The molecule has 0 unspecified atom stereocenters. The number of nitrogens with zero attached hydrogens (tertiary/aromatic N) is 1. The van der Waals surface area contributed by atoms with Crippen LogP contribution in [0.2, 0.25) is 0 Å². The molecule has 0 atom stereocenters. The zero-order valence-corrected chi connectivity index (χ0v) is 16.6. The lowest BCUT2D eigenvalue weighted by Crippen LogP contribution is -2.29. The lowest BCUT2D eigenvalue weighted by molar-refractivity contribution is 0.0522. The minimum Gasteiger partial charge on any atom is -0.462 e. The third-order valence-corrected chi connectivity index (χ3v) is 4.42. The zero-order valence-electron chi connectivity index (χ0n) is 16.6. The third-order valence-electron chi connectivity index (χ3n) is 4.42. The maximum atomic E-state index is 13.3. The molecule has 1 aromatic heterocycles. The smallest absolute Gasteiger partial charge is 0.340 e. The van der Waals surface area contributed by atoms with E-state index in [1.54, 1.807) is 62.4 Å². The lowest BCUT2D eigenvalue weighted by Gasteiger charge is -2.13. The average molecular weight is 406 g/mol. The number of amides is 3. The van der Waals surface area contributed by atoms with Crippen molar-refractivity contribution in [2.24, 2.45) is 5.73 Å². The van der Waals surface area contributed by atoms with Gasteiger partial charge in [0.1, 0.15) is 0 Å². The fraction of sp³-hybridized carbons (Fsp3) is 0.136. The molecule has 3 rings (SSSR count). The van der Waals surface area contributed by atoms with Gasteiger partial charge in [0.05, 0.1) is 29.1 Å². The van der Waals surface area contributed by atoms with Gasteiger partial charge < -0.3 is 15.8 Å². The number of carbonyl (C=O) groups is 3. The predicted molar refractivity (Wildman–Crippen MR) is 114 cm³/mol. The van der Waals surface area contributed by atoms with Gasteiger partial charge in [-0.15, -0.1) is 0 Å². The summed E-state index contributed by atoms with van der Waals surface area (Å²) in [6, 6.07) is 16.9. The van der Waals surface area contributed by atoms with Gasteiger partial charge in [-0.05, 0) is 26.0 Å². The number of carbonyl (C=O) groups excluding carboxylic acids is 3. The Morgan fingerprint density at radius 3 is 2.13 bits per heavy atom. The van der Waals surface area contributed by atoms with E-state index < -0.39 is 17.9 Å². The van der Waals surface area contributed by atoms with E-state index in [2.05, 4.69) is 10.7 Å². The Morgan fingerprint density at radius 1 is 0.967 bits per heavy atom. The molecule has 2 aromatic carbocycles. The van der Waals surface area contributed by atoms with E-state index in [-0.39, 0.29) is 17.7 Å². The molecule has 0 spiro atoms. The van der Waals surface area contributed by atoms with Gasteiger partial charge in [0, 0.05) is 11.3 Å². The fourth-order valence-corrected chi connectivity index (χ4v) is 3.20. The summed E-state index contributed by atoms with van der Waals surface area (Å²) in [4.78, 5) is 37.7. The van der Waals surface area contributed by atoms with Gasteiger partial charge in [-0.2, -0.15) is 0 Å². The molecule has 0 aliphatic carbocycles. The van der Waals surface area contributed by atoms with Gasteiger partial charge in [-0.1, -0.05) is 48.5 Å². The number of ether oxygens (including phenoxy) is 1. The van der Waals surface area contributed by atoms with Crippen molar-refractivity contribution in [3.63, 3.8) is 0 Å². The second-order valence-corrected chi connectivity index (χ2v) is 6.40. The Labute approximate surface area is 173 Å². The summed E-state index contributed by atoms with van der Waals surface area (Å²) in [6.45, 7) is 3.41. The second-order valence-electron chi connectivity index (χ2n) is 6.40. The number of para-hydroxylation sites is 1. The van der Waals surface area contributed by atoms with Crippen LogP contribution in [0.15, 0.2) is 60.7 Å². The molecule has 3 amide bonds. The van der Waals surface area contributed by atoms with E-state index >= 15 is 0 Å². The number of esters is 1. The van der Waals surface area contributed by atoms with Crippen LogP contribution >= 0.6 is 0 Å². The van der Waals surface area contributed by atoms with E-state index in [4.69, 9.17) is 10.5 Å². The van der Waals surface area contributed by atoms with Crippen molar-refractivity contribution in [2.45, 2.75) is 13.8 Å². The summed E-state index contributed by atoms with van der Waals surface area (Å²) in [5.41, 5.74) is 9.78. The van der Waals surface area contributed by atoms with E-state index in [1.165, 1.54) is 4.68 Å². The first-order valence-electron chi connectivity index (χ1n) is 9.34. The normalized spacial score (nSPS) is 10.3. The molecule has 1 heterocycles. The van der Waals surface area contributed by atoms with Crippen LogP contribution < -0.4 is 16.5 Å². The predicted octanol–water partition coefficient (Wildman–Crippen LogP) is 3.51. The topological polar surface area (TPSA) is 115 Å². The highest BCUT2D eigenvalue weighted by molar-refractivity contribution is 6.15. The SMILES string of the molecule is CCOC(=O)c1c(C(=O)Nc2ccccc2)c(-c2ccccc2)n(NC(N)=O)c1C. The van der Waals surface area contributed by atoms with Crippen LogP contribution in [0.1, 0.15) is 33.3 Å². The molecule has 0 aliphatic heterocycles. The zero-order chi connectivity index (χ0) is 21.7. The maximum absolute atomic E-state index is 13.3. The average Bonchev–Trinajstić information content (AvgIpc) is 3.01. The van der Waals surface area contributed by atoms with Crippen molar-refractivity contribution in [3.8, 4) is 11.3 Å². The Balaban J connectivity index is 2.26. The Morgan fingerprint density at radius 2 is 1.57 bits per heavy atom. The molecule has 30 heavy (non-hydrogen) atoms. The third kappa shape index (κ3) is 4.17. The van der Waals surface area contributed by atoms with E-state index in [9.17, 15) is 14.4 Å². The first kappa shape index (κ1) is 20.7. The summed E-state index contributed by atoms with van der Waals surface area (Å²) in [5.74, 6) is -1.19. The van der Waals surface area contributed by atoms with Crippen LogP contribution in [0.25, 0.3) is 11.3 Å². The molecule has 0 bridgehead atoms. The van der Waals surface area contributed by atoms with Crippen LogP contribution in [-0.2, 0) is 4.74 Å². The molecule has 4 N–H and O–H groups in total. The molecule has 0 saturated heterocycles. The van der Waals surface area contributed by atoms with Gasteiger partial charge in [0.25, 0.3) is 5.91 Å². The molecular weight excluding hydrogens is 384 g/mol. The molecule has 0 radical (unpaired) electrons. The van der Waals surface area contributed by atoms with Crippen molar-refractivity contribution < 1.29 is 19.1 Å². The Hall–Kier alpha value is -4.07. The van der Waals surface area contributed by atoms with Gasteiger partial charge in [-0.25, -0.2) is 15.0 Å². The standard InChI is InChI=1S/C22H22N4O4/c1-3-30-21(28)17-14(2)26(25-22(23)29)19(15-10-6-4-7-11-15)18(17)20(27)24-16-12-8-5-9-13-16/h4-13H,3H2,1-2H3,(H,24,27)(H3,23,25,29). The first-order valence-corrected chi connectivity index (χ1v) is 9.34. The quantitative estimate of drug-likeness (QED) is 0.543. The van der Waals surface area contributed by atoms with Gasteiger partial charge in [0.2, 0.25) is 0 Å². The summed E-state index contributed by atoms with van der Waals surface area (Å²) in [7, 11) is 0. The summed E-state index contributed by atoms with van der Waals surface area (Å²) in [6.07, 6.45) is 0. The second kappa shape index (κ2) is 8.95. The summed E-state index contributed by atoms with van der Waals surface area (Å²) >= 11 is 0. The number of primary amides is 1. The minimum atomic E-state index is -0.837. The van der Waals surface area contributed by atoms with Crippen molar-refractivity contribution in [2.75, 3.05) is 17.3 Å². The fourth-order valence-electron chi connectivity index (χ4n) is 3.20. The highest BCUT2D eigenvalue weighted by Gasteiger charge is 2.31. The molecular formula is C22H22N4O4. The Bertz CT molecular complexity index is 1080. The van der Waals surface area contributed by atoms with Crippen LogP contribution in [0.4, 0.5) is 10.5 Å². The Kier molecular flexibility index (Phi) is 6.17. The largest absolute Gasteiger partial charge is 0.462 e. The highest BCUT2D eigenvalue weighted by atomic mass is 16.5. The molecule has 0 saturated carbocycles. The number of nitrogens with one attached hydrogen (secondary N) is 2. The van der Waals surface area contributed by atoms with E-state index in [0.717, 1.165) is 0 Å². The number of anilines is 1. The van der Waals surface area contributed by atoms with E-state index in [0.29, 0.717) is 22.6 Å². The monoisotopic (exact) mass is 406 g/mol. The molecule has 8 nitrogen and oxygen atoms in total. The summed E-state index contributed by atoms with van der Waals surface area (Å²) in [5, 5.41) is 2.80. The highest BCUT2D eigenvalue weighted by Crippen LogP contribution is 2.32. The van der Waals surface area contributed by atoms with Gasteiger partial charge in [-0.3, -0.25) is 9.47 Å². The molecule has 8 heteroatoms. The van der Waals surface area contributed by atoms with Crippen molar-refractivity contribution in [1.82, 2.24) is 4.68 Å². The number of hydrogen-bond acceptors (Lipinski definition) is 4. The van der Waals surface area contributed by atoms with Crippen molar-refractivity contribution >= 4 is 23.6 Å². The number of nitrogens with two attached hydrogens (primary N) is 1. The first-order chi connectivity index (χ1) is 14.4. The minimum absolute atomic E-state index is 0.0536. The van der Waals surface area contributed by atoms with Crippen molar-refractivity contribution in [3.05, 3.63) is 77.5 Å². The molecule has 3 aromatic rings. The lowest BCUT2D eigenvalue weighted by atomic mass is 10.0. The molecule has 0 fully saturated rings. The number of rotatable bonds is 6.